The molecule has 0 aromatic heterocycles. The summed E-state index contributed by atoms with van der Waals surface area (Å²) in [5.74, 6) is 1.86. The first kappa shape index (κ1) is 12.4. The molecule has 0 aromatic carbocycles. The SMILES string of the molecule is CCN(C1CCNC1)C1CC(C)CC(C)C1. The molecule has 2 fully saturated rings. The highest BCUT2D eigenvalue weighted by Gasteiger charge is 2.32. The average Bonchev–Trinajstić information content (AvgIpc) is 2.70. The molecule has 1 saturated heterocycles. The standard InChI is InChI=1S/C14H28N2/c1-4-16(13-5-6-15-10-13)14-8-11(2)7-12(3)9-14/h11-15H,4-10H2,1-3H3. The Labute approximate surface area is 101 Å². The predicted octanol–water partition coefficient (Wildman–Crippen LogP) is 2.49. The summed E-state index contributed by atoms with van der Waals surface area (Å²) in [6, 6.07) is 1.67. The first-order chi connectivity index (χ1) is 7.70. The maximum atomic E-state index is 3.51. The van der Waals surface area contributed by atoms with E-state index in [0.29, 0.717) is 0 Å². The van der Waals surface area contributed by atoms with Crippen LogP contribution >= 0.6 is 0 Å². The molecule has 2 heteroatoms. The molecule has 1 aliphatic heterocycles. The van der Waals surface area contributed by atoms with Crippen molar-refractivity contribution in [3.05, 3.63) is 0 Å². The van der Waals surface area contributed by atoms with Crippen LogP contribution in [0, 0.1) is 11.8 Å². The molecule has 1 aliphatic carbocycles. The number of likely N-dealkylation sites (N-methyl/N-ethyl adjacent to an activating group) is 1. The van der Waals surface area contributed by atoms with E-state index in [-0.39, 0.29) is 0 Å². The molecular weight excluding hydrogens is 196 g/mol. The quantitative estimate of drug-likeness (QED) is 0.792. The van der Waals surface area contributed by atoms with Crippen molar-refractivity contribution in [2.24, 2.45) is 11.8 Å². The lowest BCUT2D eigenvalue weighted by atomic mass is 9.79. The van der Waals surface area contributed by atoms with Gasteiger partial charge in [-0.25, -0.2) is 0 Å². The molecule has 2 rings (SSSR count). The van der Waals surface area contributed by atoms with Gasteiger partial charge in [-0.3, -0.25) is 4.90 Å². The van der Waals surface area contributed by atoms with Gasteiger partial charge in [-0.1, -0.05) is 20.8 Å². The maximum absolute atomic E-state index is 3.51. The van der Waals surface area contributed by atoms with Crippen LogP contribution < -0.4 is 5.32 Å². The third-order valence-corrected chi connectivity index (χ3v) is 4.49. The maximum Gasteiger partial charge on any atom is 0.0235 e. The number of hydrogen-bond acceptors (Lipinski definition) is 2. The number of rotatable bonds is 3. The number of nitrogens with one attached hydrogen (secondary N) is 1. The molecule has 3 unspecified atom stereocenters. The van der Waals surface area contributed by atoms with Crippen LogP contribution in [-0.4, -0.2) is 36.6 Å². The normalized spacial score (nSPS) is 40.5. The van der Waals surface area contributed by atoms with Gasteiger partial charge in [-0.2, -0.15) is 0 Å². The summed E-state index contributed by atoms with van der Waals surface area (Å²) in [6.45, 7) is 10.9. The van der Waals surface area contributed by atoms with Gasteiger partial charge in [0.15, 0.2) is 0 Å². The molecule has 0 amide bonds. The van der Waals surface area contributed by atoms with Crippen molar-refractivity contribution in [1.29, 1.82) is 0 Å². The van der Waals surface area contributed by atoms with Crippen molar-refractivity contribution in [3.8, 4) is 0 Å². The highest BCUT2D eigenvalue weighted by Crippen LogP contribution is 2.32. The van der Waals surface area contributed by atoms with Crippen molar-refractivity contribution in [1.82, 2.24) is 10.2 Å². The smallest absolute Gasteiger partial charge is 0.0235 e. The Morgan fingerprint density at radius 3 is 2.25 bits per heavy atom. The summed E-state index contributed by atoms with van der Waals surface area (Å²) in [4.78, 5) is 2.78. The zero-order valence-electron chi connectivity index (χ0n) is 11.2. The van der Waals surface area contributed by atoms with Crippen molar-refractivity contribution >= 4 is 0 Å². The Bertz CT molecular complexity index is 201. The van der Waals surface area contributed by atoms with Gasteiger partial charge in [0.05, 0.1) is 0 Å². The number of hydrogen-bond donors (Lipinski definition) is 1. The van der Waals surface area contributed by atoms with Gasteiger partial charge < -0.3 is 5.32 Å². The largest absolute Gasteiger partial charge is 0.315 e. The van der Waals surface area contributed by atoms with Crippen LogP contribution in [0.1, 0.15) is 46.5 Å². The van der Waals surface area contributed by atoms with E-state index >= 15 is 0 Å². The van der Waals surface area contributed by atoms with Crippen LogP contribution in [0.2, 0.25) is 0 Å². The summed E-state index contributed by atoms with van der Waals surface area (Å²) in [5.41, 5.74) is 0. The summed E-state index contributed by atoms with van der Waals surface area (Å²) < 4.78 is 0. The molecule has 16 heavy (non-hydrogen) atoms. The fourth-order valence-electron chi connectivity index (χ4n) is 3.91. The molecule has 1 heterocycles. The van der Waals surface area contributed by atoms with E-state index < -0.39 is 0 Å². The molecular formula is C14H28N2. The van der Waals surface area contributed by atoms with Crippen molar-refractivity contribution in [2.75, 3.05) is 19.6 Å². The van der Waals surface area contributed by atoms with Crippen LogP contribution in [0.5, 0.6) is 0 Å². The van der Waals surface area contributed by atoms with Gasteiger partial charge in [-0.15, -0.1) is 0 Å². The Morgan fingerprint density at radius 1 is 1.06 bits per heavy atom. The predicted molar refractivity (Wildman–Crippen MR) is 69.6 cm³/mol. The molecule has 94 valence electrons. The van der Waals surface area contributed by atoms with Crippen LogP contribution in [0.25, 0.3) is 0 Å². The minimum Gasteiger partial charge on any atom is -0.315 e. The third-order valence-electron chi connectivity index (χ3n) is 4.49. The third kappa shape index (κ3) is 2.78. The minimum absolute atomic E-state index is 0.812. The Hall–Kier alpha value is -0.0800. The highest BCUT2D eigenvalue weighted by atomic mass is 15.2. The molecule has 0 bridgehead atoms. The first-order valence-corrected chi connectivity index (χ1v) is 7.17. The van der Waals surface area contributed by atoms with E-state index in [0.717, 1.165) is 23.9 Å². The van der Waals surface area contributed by atoms with Crippen LogP contribution in [-0.2, 0) is 0 Å². The van der Waals surface area contributed by atoms with E-state index in [4.69, 9.17) is 0 Å². The summed E-state index contributed by atoms with van der Waals surface area (Å²) in [5, 5.41) is 3.51. The Balaban J connectivity index is 1.96. The van der Waals surface area contributed by atoms with Crippen molar-refractivity contribution in [2.45, 2.75) is 58.5 Å². The van der Waals surface area contributed by atoms with Gasteiger partial charge in [0, 0.05) is 18.6 Å². The zero-order valence-corrected chi connectivity index (χ0v) is 11.2. The zero-order chi connectivity index (χ0) is 11.5. The molecule has 1 saturated carbocycles. The van der Waals surface area contributed by atoms with E-state index in [1.54, 1.807) is 0 Å². The lowest BCUT2D eigenvalue weighted by Gasteiger charge is -2.41. The number of nitrogens with zero attached hydrogens (tertiary/aromatic N) is 1. The molecule has 2 aliphatic rings. The first-order valence-electron chi connectivity index (χ1n) is 7.17. The molecule has 0 aromatic rings. The average molecular weight is 224 g/mol. The van der Waals surface area contributed by atoms with E-state index in [2.05, 4.69) is 31.0 Å². The summed E-state index contributed by atoms with van der Waals surface area (Å²) in [6.07, 6.45) is 5.65. The van der Waals surface area contributed by atoms with Crippen LogP contribution in [0.15, 0.2) is 0 Å². The van der Waals surface area contributed by atoms with Crippen LogP contribution in [0.3, 0.4) is 0 Å². The molecule has 1 N–H and O–H groups in total. The lowest BCUT2D eigenvalue weighted by Crippen LogP contribution is -2.47. The van der Waals surface area contributed by atoms with Gasteiger partial charge >= 0.3 is 0 Å². The van der Waals surface area contributed by atoms with Crippen molar-refractivity contribution in [3.63, 3.8) is 0 Å². The molecule has 3 atom stereocenters. The Kier molecular flexibility index (Phi) is 4.26. The highest BCUT2D eigenvalue weighted by molar-refractivity contribution is 4.88. The van der Waals surface area contributed by atoms with Crippen LogP contribution in [0.4, 0.5) is 0 Å². The monoisotopic (exact) mass is 224 g/mol. The second kappa shape index (κ2) is 5.50. The fraction of sp³-hybridized carbons (Fsp3) is 1.00. The van der Waals surface area contributed by atoms with Crippen molar-refractivity contribution < 1.29 is 0 Å². The molecule has 2 nitrogen and oxygen atoms in total. The minimum atomic E-state index is 0.812. The Morgan fingerprint density at radius 2 is 1.75 bits per heavy atom. The van der Waals surface area contributed by atoms with E-state index in [1.165, 1.54) is 45.3 Å². The summed E-state index contributed by atoms with van der Waals surface area (Å²) in [7, 11) is 0. The molecule has 0 radical (unpaired) electrons. The second-order valence-corrected chi connectivity index (χ2v) is 6.05. The lowest BCUT2D eigenvalue weighted by molar-refractivity contribution is 0.0821. The van der Waals surface area contributed by atoms with Gasteiger partial charge in [-0.05, 0) is 50.6 Å². The van der Waals surface area contributed by atoms with Gasteiger partial charge in [0.2, 0.25) is 0 Å². The molecule has 0 spiro atoms. The second-order valence-electron chi connectivity index (χ2n) is 6.05. The fourth-order valence-corrected chi connectivity index (χ4v) is 3.91. The van der Waals surface area contributed by atoms with E-state index in [1.807, 2.05) is 0 Å². The van der Waals surface area contributed by atoms with Gasteiger partial charge in [0.1, 0.15) is 0 Å². The summed E-state index contributed by atoms with van der Waals surface area (Å²) >= 11 is 0. The van der Waals surface area contributed by atoms with E-state index in [9.17, 15) is 0 Å². The van der Waals surface area contributed by atoms with Gasteiger partial charge in [0.25, 0.3) is 0 Å². The topological polar surface area (TPSA) is 15.3 Å².